The second kappa shape index (κ2) is 23.9. The minimum atomic E-state index is -4.60. The molecule has 0 rings (SSSR count). The van der Waals surface area contributed by atoms with Crippen LogP contribution in [0.15, 0.2) is 12.2 Å². The van der Waals surface area contributed by atoms with E-state index in [9.17, 15) is 13.0 Å². The van der Waals surface area contributed by atoms with E-state index < -0.39 is 10.4 Å². The molecular weight excluding hydrogens is 411 g/mol. The molecule has 0 N–H and O–H groups in total. The molecule has 0 aromatic carbocycles. The van der Waals surface area contributed by atoms with E-state index in [2.05, 4.69) is 30.2 Å². The van der Waals surface area contributed by atoms with Gasteiger partial charge in [0.25, 0.3) is 0 Å². The molecule has 0 heterocycles. The summed E-state index contributed by atoms with van der Waals surface area (Å²) >= 11 is 0. The first kappa shape index (κ1) is 32.4. The molecule has 0 saturated heterocycles. The SMILES string of the molecule is CCCCCCC/C=C/C(CCCCCCCCCCCC)COS(=O)(=O)[O-].[K+]. The predicted molar refractivity (Wildman–Crippen MR) is 118 cm³/mol. The van der Waals surface area contributed by atoms with Gasteiger partial charge >= 0.3 is 51.4 Å². The summed E-state index contributed by atoms with van der Waals surface area (Å²) in [6.07, 6.45) is 25.1. The molecule has 0 bridgehead atoms. The normalized spacial score (nSPS) is 12.9. The van der Waals surface area contributed by atoms with Crippen LogP contribution in [0.4, 0.5) is 0 Å². The van der Waals surface area contributed by atoms with E-state index >= 15 is 0 Å². The summed E-state index contributed by atoms with van der Waals surface area (Å²) in [4.78, 5) is 0. The number of unbranched alkanes of at least 4 members (excludes halogenated alkanes) is 14. The summed E-state index contributed by atoms with van der Waals surface area (Å²) in [5.41, 5.74) is 0. The number of rotatable bonds is 21. The summed E-state index contributed by atoms with van der Waals surface area (Å²) < 4.78 is 36.8. The van der Waals surface area contributed by atoms with Crippen LogP contribution in [0.3, 0.4) is 0 Å². The minimum absolute atomic E-state index is 0. The third-order valence-electron chi connectivity index (χ3n) is 5.24. The molecule has 0 aromatic rings. The van der Waals surface area contributed by atoms with Gasteiger partial charge in [-0.3, -0.25) is 4.18 Å². The predicted octanol–water partition coefficient (Wildman–Crippen LogP) is 4.31. The third-order valence-corrected chi connectivity index (χ3v) is 5.66. The van der Waals surface area contributed by atoms with Crippen LogP contribution >= 0.6 is 0 Å². The molecule has 0 spiro atoms. The molecule has 0 aliphatic heterocycles. The van der Waals surface area contributed by atoms with Crippen LogP contribution < -0.4 is 51.4 Å². The fourth-order valence-electron chi connectivity index (χ4n) is 3.45. The van der Waals surface area contributed by atoms with Gasteiger partial charge in [-0.2, -0.15) is 0 Å². The first-order valence-electron chi connectivity index (χ1n) is 11.8. The molecule has 1 unspecified atom stereocenters. The Labute approximate surface area is 224 Å². The van der Waals surface area contributed by atoms with Crippen molar-refractivity contribution < 1.29 is 68.5 Å². The maximum Gasteiger partial charge on any atom is 1.00 e. The maximum atomic E-state index is 10.8. The van der Waals surface area contributed by atoms with Crippen molar-refractivity contribution in [1.82, 2.24) is 0 Å². The van der Waals surface area contributed by atoms with Gasteiger partial charge in [-0.25, -0.2) is 8.42 Å². The van der Waals surface area contributed by atoms with Crippen molar-refractivity contribution in [2.24, 2.45) is 5.92 Å². The molecule has 0 aromatic heterocycles. The zero-order valence-electron chi connectivity index (χ0n) is 19.5. The van der Waals surface area contributed by atoms with E-state index in [4.69, 9.17) is 0 Å². The Bertz CT molecular complexity index is 452. The molecule has 0 aliphatic carbocycles. The molecule has 1 atom stereocenters. The van der Waals surface area contributed by atoms with Gasteiger partial charge in [0.05, 0.1) is 6.61 Å². The maximum absolute atomic E-state index is 10.8. The van der Waals surface area contributed by atoms with Crippen LogP contribution in [-0.2, 0) is 14.6 Å². The van der Waals surface area contributed by atoms with E-state index in [0.717, 1.165) is 19.3 Å². The molecule has 0 amide bonds. The van der Waals surface area contributed by atoms with Crippen molar-refractivity contribution in [3.8, 4) is 0 Å². The van der Waals surface area contributed by atoms with Crippen LogP contribution in [0.5, 0.6) is 0 Å². The van der Waals surface area contributed by atoms with Gasteiger partial charge in [-0.1, -0.05) is 116 Å². The third kappa shape index (κ3) is 27.2. The van der Waals surface area contributed by atoms with E-state index in [0.29, 0.717) is 0 Å². The van der Waals surface area contributed by atoms with Gasteiger partial charge in [0.15, 0.2) is 0 Å². The zero-order valence-corrected chi connectivity index (χ0v) is 23.4. The van der Waals surface area contributed by atoms with Crippen LogP contribution in [0.25, 0.3) is 0 Å². The van der Waals surface area contributed by atoms with E-state index in [1.807, 2.05) is 0 Å². The summed E-state index contributed by atoms with van der Waals surface area (Å²) in [5.74, 6) is 0.0217. The summed E-state index contributed by atoms with van der Waals surface area (Å²) in [5, 5.41) is 0. The average molecular weight is 457 g/mol. The first-order valence-corrected chi connectivity index (χ1v) is 13.1. The molecule has 4 nitrogen and oxygen atoms in total. The second-order valence-electron chi connectivity index (χ2n) is 8.05. The molecule has 29 heavy (non-hydrogen) atoms. The molecule has 0 fully saturated rings. The van der Waals surface area contributed by atoms with Gasteiger partial charge in [-0.05, 0) is 19.3 Å². The van der Waals surface area contributed by atoms with E-state index in [-0.39, 0.29) is 63.9 Å². The first-order chi connectivity index (χ1) is 13.5. The number of hydrogen-bond donors (Lipinski definition) is 0. The summed E-state index contributed by atoms with van der Waals surface area (Å²) in [6.45, 7) is 4.44. The van der Waals surface area contributed by atoms with Crippen LogP contribution in [0, 0.1) is 5.92 Å². The van der Waals surface area contributed by atoms with Crippen molar-refractivity contribution in [3.63, 3.8) is 0 Å². The molecule has 0 saturated carbocycles. The zero-order chi connectivity index (χ0) is 20.9. The summed E-state index contributed by atoms with van der Waals surface area (Å²) in [7, 11) is -4.60. The fourth-order valence-corrected chi connectivity index (χ4v) is 3.80. The van der Waals surface area contributed by atoms with Gasteiger partial charge in [-0.15, -0.1) is 0 Å². The largest absolute Gasteiger partial charge is 1.00 e. The van der Waals surface area contributed by atoms with Crippen LogP contribution in [-0.4, -0.2) is 19.6 Å². The van der Waals surface area contributed by atoms with Gasteiger partial charge in [0.1, 0.15) is 0 Å². The molecule has 0 aliphatic rings. The summed E-state index contributed by atoms with van der Waals surface area (Å²) in [6, 6.07) is 0. The van der Waals surface area contributed by atoms with Crippen molar-refractivity contribution >= 4 is 10.4 Å². The van der Waals surface area contributed by atoms with Gasteiger partial charge < -0.3 is 4.55 Å². The minimum Gasteiger partial charge on any atom is -0.726 e. The number of hydrogen-bond acceptors (Lipinski definition) is 4. The Kier molecular flexibility index (Phi) is 26.7. The van der Waals surface area contributed by atoms with Crippen LogP contribution in [0.2, 0.25) is 0 Å². The van der Waals surface area contributed by atoms with Crippen LogP contribution in [0.1, 0.15) is 123 Å². The topological polar surface area (TPSA) is 66.4 Å². The Hall–Kier alpha value is 1.25. The Morgan fingerprint density at radius 1 is 0.759 bits per heavy atom. The van der Waals surface area contributed by atoms with Gasteiger partial charge in [0.2, 0.25) is 10.4 Å². The Balaban J connectivity index is 0. The van der Waals surface area contributed by atoms with Crippen molar-refractivity contribution in [2.75, 3.05) is 6.61 Å². The average Bonchev–Trinajstić information content (AvgIpc) is 2.65. The molecular formula is C23H45KO4S. The van der Waals surface area contributed by atoms with E-state index in [1.54, 1.807) is 0 Å². The van der Waals surface area contributed by atoms with Crippen molar-refractivity contribution in [1.29, 1.82) is 0 Å². The van der Waals surface area contributed by atoms with E-state index in [1.165, 1.54) is 89.9 Å². The molecule has 6 heteroatoms. The fraction of sp³-hybridized carbons (Fsp3) is 0.913. The monoisotopic (exact) mass is 456 g/mol. The standard InChI is InChI=1S/C23H46O4S.K/c1-3-5-7-9-11-12-13-15-17-19-21-23(22-27-28(24,25)26)20-18-16-14-10-8-6-4-2;/h18,20,23H,3-17,19,21-22H2,1-2H3,(H,24,25,26);/q;+1/p-1/b20-18+;. The Morgan fingerprint density at radius 2 is 1.21 bits per heavy atom. The van der Waals surface area contributed by atoms with Crippen molar-refractivity contribution in [2.45, 2.75) is 123 Å². The quantitative estimate of drug-likeness (QED) is 0.0848. The van der Waals surface area contributed by atoms with Crippen molar-refractivity contribution in [3.05, 3.63) is 12.2 Å². The smallest absolute Gasteiger partial charge is 0.726 e. The second-order valence-corrected chi connectivity index (χ2v) is 9.11. The molecule has 0 radical (unpaired) electrons. The Morgan fingerprint density at radius 3 is 1.69 bits per heavy atom. The number of allylic oxidation sites excluding steroid dienone is 1. The van der Waals surface area contributed by atoms with Gasteiger partial charge in [0, 0.05) is 5.92 Å². The molecule has 168 valence electrons.